The van der Waals surface area contributed by atoms with Gasteiger partial charge in [0.25, 0.3) is 0 Å². The van der Waals surface area contributed by atoms with Crippen LogP contribution in [0.15, 0.2) is 97.2 Å². The first-order valence-electron chi connectivity index (χ1n) is 22.3. The first-order chi connectivity index (χ1) is 28.1. The summed E-state index contributed by atoms with van der Waals surface area (Å²) in [5, 5.41) is 9.62. The van der Waals surface area contributed by atoms with Gasteiger partial charge in [-0.25, -0.2) is 4.79 Å². The number of carboxylic acid groups (broad SMARTS) is 1. The van der Waals surface area contributed by atoms with Crippen molar-refractivity contribution in [3.8, 4) is 0 Å². The number of hydrogen-bond donors (Lipinski definition) is 1. The summed E-state index contributed by atoms with van der Waals surface area (Å²) in [5.41, 5.74) is 0. The molecule has 0 saturated carbocycles. The van der Waals surface area contributed by atoms with Crippen molar-refractivity contribution < 1.29 is 38.2 Å². The third-order valence-corrected chi connectivity index (χ3v) is 9.23. The number of unbranched alkanes of at least 4 members (excludes halogenated alkanes) is 8. The van der Waals surface area contributed by atoms with Gasteiger partial charge in [0.15, 0.2) is 12.1 Å². The van der Waals surface area contributed by atoms with Gasteiger partial charge in [-0.05, 0) is 89.9 Å². The van der Waals surface area contributed by atoms with Crippen LogP contribution < -0.4 is 0 Å². The molecular weight excluding hydrogens is 727 g/mol. The van der Waals surface area contributed by atoms with E-state index in [-0.39, 0.29) is 36.2 Å². The van der Waals surface area contributed by atoms with Crippen molar-refractivity contribution in [1.82, 2.24) is 0 Å². The molecule has 0 bridgehead atoms. The normalized spacial score (nSPS) is 13.9. The summed E-state index contributed by atoms with van der Waals surface area (Å²) >= 11 is 0. The van der Waals surface area contributed by atoms with Crippen LogP contribution in [0.4, 0.5) is 0 Å². The highest BCUT2D eigenvalue weighted by Crippen LogP contribution is 2.12. The lowest BCUT2D eigenvalue weighted by atomic mass is 10.1. The molecule has 0 heterocycles. The molecule has 8 nitrogen and oxygen atoms in total. The first-order valence-corrected chi connectivity index (χ1v) is 22.3. The molecule has 0 rings (SSSR count). The Morgan fingerprint density at radius 3 is 1.38 bits per heavy atom. The molecule has 0 aromatic heterocycles. The topological polar surface area (TPSA) is 99.1 Å². The standard InChI is InChI=1S/C50H81NO7/c1-6-8-10-12-14-16-18-20-21-22-23-24-25-26-27-28-29-31-33-35-37-39-41-49(53)58-46(44-56-43-42-47(50(54)55)51(3,4)5)45-57-48(52)40-38-36-34-32-30-19-17-15-13-11-9-7-2/h8-11,14-17,20-21,23-24,26-27,30,32,46-47H,6-7,12-13,18-19,22,25,28-29,31,33-45H2,1-5H3/p+1/b10-8+,11-9+,16-14+,17-15+,21-20+,24-23+,27-26+,32-30+. The Hall–Kier alpha value is -3.75. The number of nitrogens with zero attached hydrogens (tertiary/aromatic N) is 1. The molecule has 0 aromatic carbocycles. The average molecular weight is 809 g/mol. The number of allylic oxidation sites excluding steroid dienone is 16. The maximum absolute atomic E-state index is 12.7. The lowest BCUT2D eigenvalue weighted by Crippen LogP contribution is -2.50. The predicted octanol–water partition coefficient (Wildman–Crippen LogP) is 12.3. The summed E-state index contributed by atoms with van der Waals surface area (Å²) in [6.07, 6.45) is 53.2. The van der Waals surface area contributed by atoms with E-state index in [1.807, 2.05) is 21.1 Å². The number of rotatable bonds is 38. The van der Waals surface area contributed by atoms with Crippen LogP contribution in [-0.4, -0.2) is 80.6 Å². The number of esters is 2. The van der Waals surface area contributed by atoms with Gasteiger partial charge in [-0.3, -0.25) is 9.59 Å². The number of carboxylic acids is 1. The highest BCUT2D eigenvalue weighted by Gasteiger charge is 2.31. The second-order valence-electron chi connectivity index (χ2n) is 15.5. The van der Waals surface area contributed by atoms with Crippen LogP contribution in [0.1, 0.15) is 149 Å². The lowest BCUT2D eigenvalue weighted by molar-refractivity contribution is -0.887. The van der Waals surface area contributed by atoms with Gasteiger partial charge in [0.05, 0.1) is 34.4 Å². The van der Waals surface area contributed by atoms with E-state index in [1.165, 1.54) is 12.8 Å². The van der Waals surface area contributed by atoms with Gasteiger partial charge in [0, 0.05) is 19.3 Å². The van der Waals surface area contributed by atoms with E-state index >= 15 is 0 Å². The Morgan fingerprint density at radius 2 is 0.914 bits per heavy atom. The number of hydrogen-bond acceptors (Lipinski definition) is 6. The van der Waals surface area contributed by atoms with Crippen LogP contribution in [0.3, 0.4) is 0 Å². The zero-order valence-electron chi connectivity index (χ0n) is 37.2. The van der Waals surface area contributed by atoms with Crippen molar-refractivity contribution in [1.29, 1.82) is 0 Å². The number of likely N-dealkylation sites (N-methyl/N-ethyl adjacent to an activating group) is 1. The molecule has 58 heavy (non-hydrogen) atoms. The average Bonchev–Trinajstić information content (AvgIpc) is 3.18. The minimum atomic E-state index is -0.888. The van der Waals surface area contributed by atoms with Crippen LogP contribution in [0, 0.1) is 0 Å². The van der Waals surface area contributed by atoms with E-state index in [0.29, 0.717) is 25.7 Å². The maximum Gasteiger partial charge on any atom is 0.362 e. The molecule has 2 atom stereocenters. The van der Waals surface area contributed by atoms with Gasteiger partial charge < -0.3 is 23.8 Å². The van der Waals surface area contributed by atoms with Crippen molar-refractivity contribution in [3.63, 3.8) is 0 Å². The minimum Gasteiger partial charge on any atom is -0.477 e. The fourth-order valence-electron chi connectivity index (χ4n) is 5.84. The minimum absolute atomic E-state index is 0.0362. The summed E-state index contributed by atoms with van der Waals surface area (Å²) in [4.78, 5) is 37.0. The van der Waals surface area contributed by atoms with E-state index in [9.17, 15) is 19.5 Å². The molecule has 0 aliphatic carbocycles. The van der Waals surface area contributed by atoms with Crippen molar-refractivity contribution in [2.75, 3.05) is 41.0 Å². The molecule has 0 saturated heterocycles. The quantitative estimate of drug-likeness (QED) is 0.0287. The Kier molecular flexibility index (Phi) is 37.5. The maximum atomic E-state index is 12.7. The SMILES string of the molecule is CC/C=C/C/C=C/C/C=C/C/C=C/C/C=C/CCCCCCCCC(=O)OC(COCCC(C(=O)O)[N+](C)(C)C)COC(=O)CCCC/C=C/C/C=C/C/C=C/CC. The molecule has 2 unspecified atom stereocenters. The molecule has 0 fully saturated rings. The number of aliphatic carboxylic acids is 1. The molecule has 1 N–H and O–H groups in total. The molecular formula is C50H82NO7+. The highest BCUT2D eigenvalue weighted by molar-refractivity contribution is 5.72. The number of ether oxygens (including phenoxy) is 3. The van der Waals surface area contributed by atoms with E-state index in [4.69, 9.17) is 14.2 Å². The van der Waals surface area contributed by atoms with Gasteiger partial charge in [-0.2, -0.15) is 0 Å². The molecule has 0 aliphatic rings. The van der Waals surface area contributed by atoms with Crippen molar-refractivity contribution >= 4 is 17.9 Å². The van der Waals surface area contributed by atoms with Gasteiger partial charge in [0.1, 0.15) is 6.61 Å². The number of quaternary nitrogens is 1. The molecule has 0 aliphatic heterocycles. The van der Waals surface area contributed by atoms with E-state index < -0.39 is 18.1 Å². The lowest BCUT2D eigenvalue weighted by Gasteiger charge is -2.31. The van der Waals surface area contributed by atoms with Crippen LogP contribution >= 0.6 is 0 Å². The van der Waals surface area contributed by atoms with Gasteiger partial charge in [-0.1, -0.05) is 137 Å². The van der Waals surface area contributed by atoms with Crippen LogP contribution in [-0.2, 0) is 28.6 Å². The van der Waals surface area contributed by atoms with Crippen molar-refractivity contribution in [2.45, 2.75) is 161 Å². The summed E-state index contributed by atoms with van der Waals surface area (Å²) in [6, 6.07) is -0.629. The molecule has 0 amide bonds. The van der Waals surface area contributed by atoms with Crippen LogP contribution in [0.5, 0.6) is 0 Å². The van der Waals surface area contributed by atoms with Crippen LogP contribution in [0.25, 0.3) is 0 Å². The second kappa shape index (κ2) is 40.0. The first kappa shape index (κ1) is 54.2. The third-order valence-electron chi connectivity index (χ3n) is 9.23. The highest BCUT2D eigenvalue weighted by atomic mass is 16.6. The summed E-state index contributed by atoms with van der Waals surface area (Å²) in [5.74, 6) is -1.55. The van der Waals surface area contributed by atoms with E-state index in [1.54, 1.807) is 0 Å². The fourth-order valence-corrected chi connectivity index (χ4v) is 5.84. The zero-order valence-corrected chi connectivity index (χ0v) is 37.2. The molecule has 328 valence electrons. The van der Waals surface area contributed by atoms with Gasteiger partial charge in [0.2, 0.25) is 0 Å². The predicted molar refractivity (Wildman–Crippen MR) is 243 cm³/mol. The summed E-state index contributed by atoms with van der Waals surface area (Å²) in [7, 11) is 5.50. The Bertz CT molecular complexity index is 1260. The van der Waals surface area contributed by atoms with Crippen molar-refractivity contribution in [2.24, 2.45) is 0 Å². The zero-order chi connectivity index (χ0) is 42.8. The van der Waals surface area contributed by atoms with E-state index in [0.717, 1.165) is 96.3 Å². The monoisotopic (exact) mass is 809 g/mol. The second-order valence-corrected chi connectivity index (χ2v) is 15.5. The summed E-state index contributed by atoms with van der Waals surface area (Å²) < 4.78 is 17.2. The largest absolute Gasteiger partial charge is 0.477 e. The fraction of sp³-hybridized carbons (Fsp3) is 0.620. The van der Waals surface area contributed by atoms with Crippen LogP contribution in [0.2, 0.25) is 0 Å². The Morgan fingerprint density at radius 1 is 0.517 bits per heavy atom. The Balaban J connectivity index is 4.39. The number of carbonyl (C=O) groups is 3. The molecule has 8 heteroatoms. The molecule has 0 spiro atoms. The van der Waals surface area contributed by atoms with Crippen molar-refractivity contribution in [3.05, 3.63) is 97.2 Å². The Labute approximate surface area is 354 Å². The smallest absolute Gasteiger partial charge is 0.362 e. The van der Waals surface area contributed by atoms with Gasteiger partial charge in [-0.15, -0.1) is 0 Å². The van der Waals surface area contributed by atoms with E-state index in [2.05, 4.69) is 111 Å². The third kappa shape index (κ3) is 37.8. The number of carbonyl (C=O) groups excluding carboxylic acids is 2. The van der Waals surface area contributed by atoms with Gasteiger partial charge >= 0.3 is 17.9 Å². The summed E-state index contributed by atoms with van der Waals surface area (Å²) in [6.45, 7) is 4.42. The molecule has 0 aromatic rings. The molecule has 0 radical (unpaired) electrons.